The number of halogens is 4. The van der Waals surface area contributed by atoms with E-state index in [1.54, 1.807) is 6.07 Å². The third-order valence-electron chi connectivity index (χ3n) is 2.76. The summed E-state index contributed by atoms with van der Waals surface area (Å²) in [5.74, 6) is 0.285. The number of hydrogen-bond acceptors (Lipinski definition) is 4. The van der Waals surface area contributed by atoms with Crippen molar-refractivity contribution in [3.8, 4) is 11.5 Å². The fourth-order valence-electron chi connectivity index (χ4n) is 1.69. The molecule has 2 rings (SSSR count). The smallest absolute Gasteiger partial charge is 0.411 e. The Hall–Kier alpha value is -1.48. The molecular formula is C13H13BrF3NO4. The van der Waals surface area contributed by atoms with Crippen molar-refractivity contribution >= 4 is 27.5 Å². The van der Waals surface area contributed by atoms with Crippen LogP contribution in [0, 0.1) is 0 Å². The van der Waals surface area contributed by atoms with Gasteiger partial charge >= 0.3 is 6.18 Å². The first-order chi connectivity index (χ1) is 10.3. The van der Waals surface area contributed by atoms with Gasteiger partial charge in [-0.2, -0.15) is 13.2 Å². The highest BCUT2D eigenvalue weighted by Gasteiger charge is 2.30. The zero-order valence-corrected chi connectivity index (χ0v) is 13.1. The topological polar surface area (TPSA) is 56.8 Å². The monoisotopic (exact) mass is 383 g/mol. The van der Waals surface area contributed by atoms with Gasteiger partial charge in [0.25, 0.3) is 5.91 Å². The summed E-state index contributed by atoms with van der Waals surface area (Å²) in [5, 5.41) is 2.48. The van der Waals surface area contributed by atoms with Gasteiger partial charge in [-0.15, -0.1) is 0 Å². The summed E-state index contributed by atoms with van der Waals surface area (Å²) >= 11 is 3.25. The van der Waals surface area contributed by atoms with Crippen LogP contribution in [0.25, 0.3) is 0 Å². The van der Waals surface area contributed by atoms with E-state index in [4.69, 9.17) is 9.47 Å². The van der Waals surface area contributed by atoms with Crippen molar-refractivity contribution in [2.45, 2.75) is 19.2 Å². The molecule has 5 nitrogen and oxygen atoms in total. The summed E-state index contributed by atoms with van der Waals surface area (Å²) in [4.78, 5) is 11.9. The Bertz CT molecular complexity index is 565. The lowest BCUT2D eigenvalue weighted by Gasteiger charge is -2.21. The largest absolute Gasteiger partial charge is 0.486 e. The van der Waals surface area contributed by atoms with E-state index in [-0.39, 0.29) is 0 Å². The molecular weight excluding hydrogens is 371 g/mol. The van der Waals surface area contributed by atoms with Gasteiger partial charge in [-0.3, -0.25) is 4.79 Å². The van der Waals surface area contributed by atoms with Crippen LogP contribution in [0.1, 0.15) is 6.92 Å². The number of fused-ring (bicyclic) bond motifs is 1. The average molecular weight is 384 g/mol. The minimum Gasteiger partial charge on any atom is -0.486 e. The van der Waals surface area contributed by atoms with E-state index in [0.29, 0.717) is 34.9 Å². The lowest BCUT2D eigenvalue weighted by Crippen LogP contribution is -2.31. The van der Waals surface area contributed by atoms with Crippen LogP contribution in [-0.2, 0) is 9.53 Å². The van der Waals surface area contributed by atoms with Crippen LogP contribution in [0.2, 0.25) is 0 Å². The summed E-state index contributed by atoms with van der Waals surface area (Å²) < 4.78 is 51.9. The maximum atomic E-state index is 12.1. The molecule has 0 unspecified atom stereocenters. The maximum Gasteiger partial charge on any atom is 0.411 e. The maximum absolute atomic E-state index is 12.1. The number of ether oxygens (including phenoxy) is 3. The van der Waals surface area contributed by atoms with E-state index < -0.39 is 24.8 Å². The van der Waals surface area contributed by atoms with E-state index in [1.165, 1.54) is 13.0 Å². The Kier molecular flexibility index (Phi) is 5.17. The molecule has 1 atom stereocenters. The molecule has 0 bridgehead atoms. The molecule has 0 saturated carbocycles. The summed E-state index contributed by atoms with van der Waals surface area (Å²) in [6.07, 6.45) is -5.73. The first-order valence-electron chi connectivity index (χ1n) is 6.34. The van der Waals surface area contributed by atoms with Gasteiger partial charge in [0.1, 0.15) is 25.9 Å². The molecule has 0 aromatic heterocycles. The molecule has 0 spiro atoms. The standard InChI is InChI=1S/C13H13BrF3NO4/c1-7(22-6-13(15,16)17)12(19)18-9-5-11-10(4-8(9)14)20-2-3-21-11/h4-5,7H,2-3,6H2,1H3,(H,18,19)/t7-/m1/s1. The Morgan fingerprint density at radius 2 is 1.95 bits per heavy atom. The molecule has 0 aliphatic carbocycles. The molecule has 1 aliphatic heterocycles. The summed E-state index contributed by atoms with van der Waals surface area (Å²) in [5.41, 5.74) is 0.358. The predicted molar refractivity (Wildman–Crippen MR) is 75.2 cm³/mol. The molecule has 1 heterocycles. The second-order valence-corrected chi connectivity index (χ2v) is 5.39. The number of anilines is 1. The van der Waals surface area contributed by atoms with Crippen molar-refractivity contribution in [3.05, 3.63) is 16.6 Å². The van der Waals surface area contributed by atoms with Crippen molar-refractivity contribution in [3.63, 3.8) is 0 Å². The molecule has 22 heavy (non-hydrogen) atoms. The first-order valence-corrected chi connectivity index (χ1v) is 7.14. The normalized spacial score (nSPS) is 15.3. The molecule has 1 N–H and O–H groups in total. The molecule has 9 heteroatoms. The highest BCUT2D eigenvalue weighted by atomic mass is 79.9. The van der Waals surface area contributed by atoms with Crippen LogP contribution in [-0.4, -0.2) is 38.0 Å². The quantitative estimate of drug-likeness (QED) is 0.867. The van der Waals surface area contributed by atoms with Gasteiger partial charge in [0.15, 0.2) is 11.5 Å². The summed E-state index contributed by atoms with van der Waals surface area (Å²) in [6.45, 7) is 0.567. The summed E-state index contributed by atoms with van der Waals surface area (Å²) in [7, 11) is 0. The van der Waals surface area contributed by atoms with E-state index in [0.717, 1.165) is 0 Å². The van der Waals surface area contributed by atoms with Crippen molar-refractivity contribution in [1.82, 2.24) is 0 Å². The molecule has 1 aromatic rings. The SMILES string of the molecule is C[C@@H](OCC(F)(F)F)C(=O)Nc1cc2c(cc1Br)OCCO2. The average Bonchev–Trinajstić information content (AvgIpc) is 2.44. The number of carbonyl (C=O) groups excluding carboxylic acids is 1. The zero-order valence-electron chi connectivity index (χ0n) is 11.5. The van der Waals surface area contributed by atoms with Crippen LogP contribution < -0.4 is 14.8 Å². The molecule has 0 fully saturated rings. The van der Waals surface area contributed by atoms with Gasteiger partial charge in [-0.25, -0.2) is 0 Å². The second kappa shape index (κ2) is 6.74. The minimum absolute atomic E-state index is 0.358. The number of hydrogen-bond donors (Lipinski definition) is 1. The molecule has 1 amide bonds. The minimum atomic E-state index is -4.48. The third kappa shape index (κ3) is 4.51. The van der Waals surface area contributed by atoms with Crippen LogP contribution in [0.5, 0.6) is 11.5 Å². The van der Waals surface area contributed by atoms with Crippen molar-refractivity contribution < 1.29 is 32.2 Å². The van der Waals surface area contributed by atoms with Crippen molar-refractivity contribution in [2.24, 2.45) is 0 Å². The molecule has 122 valence electrons. The van der Waals surface area contributed by atoms with Crippen LogP contribution in [0.15, 0.2) is 16.6 Å². The summed E-state index contributed by atoms with van der Waals surface area (Å²) in [6, 6.07) is 3.15. The first kappa shape index (κ1) is 16.9. The van der Waals surface area contributed by atoms with Gasteiger partial charge in [-0.05, 0) is 22.9 Å². The van der Waals surface area contributed by atoms with Crippen molar-refractivity contribution in [2.75, 3.05) is 25.1 Å². The van der Waals surface area contributed by atoms with E-state index >= 15 is 0 Å². The number of amides is 1. The zero-order chi connectivity index (χ0) is 16.3. The van der Waals surface area contributed by atoms with Crippen LogP contribution in [0.4, 0.5) is 18.9 Å². The Balaban J connectivity index is 2.02. The second-order valence-electron chi connectivity index (χ2n) is 4.53. The Morgan fingerprint density at radius 3 is 2.55 bits per heavy atom. The van der Waals surface area contributed by atoms with E-state index in [1.807, 2.05) is 0 Å². The van der Waals surface area contributed by atoms with E-state index in [2.05, 4.69) is 26.0 Å². The number of alkyl halides is 3. The highest BCUT2D eigenvalue weighted by molar-refractivity contribution is 9.10. The number of benzene rings is 1. The predicted octanol–water partition coefficient (Wildman–Crippen LogP) is 3.13. The highest BCUT2D eigenvalue weighted by Crippen LogP contribution is 2.38. The van der Waals surface area contributed by atoms with Gasteiger partial charge < -0.3 is 19.5 Å². The third-order valence-corrected chi connectivity index (χ3v) is 3.41. The van der Waals surface area contributed by atoms with E-state index in [9.17, 15) is 18.0 Å². The number of rotatable bonds is 4. The van der Waals surface area contributed by atoms with Crippen LogP contribution >= 0.6 is 15.9 Å². The van der Waals surface area contributed by atoms with Gasteiger partial charge in [-0.1, -0.05) is 0 Å². The molecule has 0 saturated heterocycles. The molecule has 1 aliphatic rings. The lowest BCUT2D eigenvalue weighted by atomic mass is 10.2. The Morgan fingerprint density at radius 1 is 1.36 bits per heavy atom. The van der Waals surface area contributed by atoms with Gasteiger partial charge in [0.05, 0.1) is 5.69 Å². The lowest BCUT2D eigenvalue weighted by molar-refractivity contribution is -0.184. The fraction of sp³-hybridized carbons (Fsp3) is 0.462. The fourth-order valence-corrected chi connectivity index (χ4v) is 2.11. The molecule has 0 radical (unpaired) electrons. The number of nitrogens with one attached hydrogen (secondary N) is 1. The van der Waals surface area contributed by atoms with Crippen LogP contribution in [0.3, 0.4) is 0 Å². The Labute approximate surface area is 132 Å². The van der Waals surface area contributed by atoms with Crippen molar-refractivity contribution in [1.29, 1.82) is 0 Å². The van der Waals surface area contributed by atoms with Gasteiger partial charge in [0, 0.05) is 16.6 Å². The number of carbonyl (C=O) groups is 1. The van der Waals surface area contributed by atoms with Gasteiger partial charge in [0.2, 0.25) is 0 Å². The molecule has 1 aromatic carbocycles.